The third-order valence-electron chi connectivity index (χ3n) is 3.27. The van der Waals surface area contributed by atoms with E-state index in [9.17, 15) is 22.8 Å². The van der Waals surface area contributed by atoms with Crippen molar-refractivity contribution in [2.45, 2.75) is 19.0 Å². The number of halogens is 4. The summed E-state index contributed by atoms with van der Waals surface area (Å²) in [5.74, 6) is -1.47. The predicted octanol–water partition coefficient (Wildman–Crippen LogP) is 4.42. The first-order chi connectivity index (χ1) is 11.6. The Kier molecular flexibility index (Phi) is 6.12. The van der Waals surface area contributed by atoms with Crippen LogP contribution in [0.5, 0.6) is 0 Å². The monoisotopic (exact) mass is 409 g/mol. The van der Waals surface area contributed by atoms with E-state index in [0.29, 0.717) is 0 Å². The number of thioether (sulfide) groups is 1. The Morgan fingerprint density at radius 1 is 1.40 bits per heavy atom. The minimum absolute atomic E-state index is 0.0579. The highest BCUT2D eigenvalue weighted by Crippen LogP contribution is 2.39. The van der Waals surface area contributed by atoms with Gasteiger partial charge in [-0.1, -0.05) is 47.7 Å². The molecule has 134 valence electrons. The quantitative estimate of drug-likeness (QED) is 0.576. The molecule has 1 aliphatic heterocycles. The second-order valence-corrected chi connectivity index (χ2v) is 7.09. The number of carbonyl (C=O) groups excluding carboxylic acids is 1. The van der Waals surface area contributed by atoms with Crippen LogP contribution in [0.25, 0.3) is 6.08 Å². The molecule has 1 fully saturated rings. The fraction of sp³-hybridized carbons (Fsp3) is 0.267. The van der Waals surface area contributed by atoms with Gasteiger partial charge in [0.25, 0.3) is 5.91 Å². The zero-order chi connectivity index (χ0) is 18.8. The fourth-order valence-electron chi connectivity index (χ4n) is 2.10. The SMILES string of the molecule is O=C(O)CCCN1C(=O)/C(=C/c2cccc(C(F)(F)F)c2Cl)SC1=S. The van der Waals surface area contributed by atoms with E-state index in [-0.39, 0.29) is 34.2 Å². The van der Waals surface area contributed by atoms with Gasteiger partial charge in [-0.3, -0.25) is 14.5 Å². The summed E-state index contributed by atoms with van der Waals surface area (Å²) in [6, 6.07) is 3.43. The second kappa shape index (κ2) is 7.76. The molecule has 25 heavy (non-hydrogen) atoms. The molecule has 0 atom stereocenters. The van der Waals surface area contributed by atoms with E-state index in [1.54, 1.807) is 0 Å². The van der Waals surface area contributed by atoms with Crippen LogP contribution in [-0.2, 0) is 15.8 Å². The summed E-state index contributed by atoms with van der Waals surface area (Å²) in [5, 5.41) is 8.13. The van der Waals surface area contributed by atoms with Crippen LogP contribution in [0.15, 0.2) is 23.1 Å². The molecule has 1 heterocycles. The number of benzene rings is 1. The van der Waals surface area contributed by atoms with Gasteiger partial charge in [-0.05, 0) is 24.1 Å². The van der Waals surface area contributed by atoms with Gasteiger partial charge in [-0.2, -0.15) is 13.2 Å². The molecule has 0 aromatic heterocycles. The number of nitrogens with zero attached hydrogens (tertiary/aromatic N) is 1. The lowest BCUT2D eigenvalue weighted by atomic mass is 10.1. The molecule has 0 unspecified atom stereocenters. The molecule has 2 rings (SSSR count). The zero-order valence-corrected chi connectivity index (χ0v) is 14.9. The molecule has 0 radical (unpaired) electrons. The van der Waals surface area contributed by atoms with Crippen LogP contribution >= 0.6 is 35.6 Å². The Hall–Kier alpha value is -1.58. The Morgan fingerprint density at radius 3 is 2.68 bits per heavy atom. The second-order valence-electron chi connectivity index (χ2n) is 5.04. The molecule has 1 aromatic carbocycles. The number of rotatable bonds is 5. The highest BCUT2D eigenvalue weighted by Gasteiger charge is 2.35. The third kappa shape index (κ3) is 4.74. The lowest BCUT2D eigenvalue weighted by Gasteiger charge is -2.13. The first-order valence-electron chi connectivity index (χ1n) is 6.94. The number of carboxylic acids is 1. The highest BCUT2D eigenvalue weighted by atomic mass is 35.5. The number of amides is 1. The summed E-state index contributed by atoms with van der Waals surface area (Å²) < 4.78 is 38.9. The van der Waals surface area contributed by atoms with Crippen molar-refractivity contribution in [3.8, 4) is 0 Å². The Bertz CT molecular complexity index is 765. The van der Waals surface area contributed by atoms with Gasteiger partial charge < -0.3 is 5.11 Å². The third-order valence-corrected chi connectivity index (χ3v) is 5.07. The van der Waals surface area contributed by atoms with Crippen molar-refractivity contribution in [2.24, 2.45) is 0 Å². The minimum atomic E-state index is -4.60. The van der Waals surface area contributed by atoms with Crippen LogP contribution < -0.4 is 0 Å². The van der Waals surface area contributed by atoms with Crippen molar-refractivity contribution in [2.75, 3.05) is 6.54 Å². The Labute approximate surface area is 155 Å². The van der Waals surface area contributed by atoms with Crippen LogP contribution in [0.3, 0.4) is 0 Å². The lowest BCUT2D eigenvalue weighted by Crippen LogP contribution is -2.29. The van der Waals surface area contributed by atoms with Crippen molar-refractivity contribution >= 4 is 57.9 Å². The van der Waals surface area contributed by atoms with Crippen LogP contribution in [0, 0.1) is 0 Å². The largest absolute Gasteiger partial charge is 0.481 e. The standard InChI is InChI=1S/C15H11ClF3NO3S2/c16-12-8(3-1-4-9(12)15(17,18)19)7-10-13(23)20(14(24)25-10)6-2-5-11(21)22/h1,3-4,7H,2,5-6H2,(H,21,22)/b10-7-. The number of carboxylic acid groups (broad SMARTS) is 1. The van der Waals surface area contributed by atoms with E-state index >= 15 is 0 Å². The van der Waals surface area contributed by atoms with Gasteiger partial charge in [0.05, 0.1) is 15.5 Å². The van der Waals surface area contributed by atoms with Crippen molar-refractivity contribution in [3.63, 3.8) is 0 Å². The van der Waals surface area contributed by atoms with Crippen LogP contribution in [0.4, 0.5) is 13.2 Å². The van der Waals surface area contributed by atoms with E-state index in [2.05, 4.69) is 0 Å². The number of hydrogen-bond acceptors (Lipinski definition) is 4. The molecule has 0 aliphatic carbocycles. The van der Waals surface area contributed by atoms with Gasteiger partial charge in [-0.25, -0.2) is 0 Å². The topological polar surface area (TPSA) is 57.6 Å². The van der Waals surface area contributed by atoms with Gasteiger partial charge in [0.2, 0.25) is 0 Å². The Morgan fingerprint density at radius 2 is 2.08 bits per heavy atom. The highest BCUT2D eigenvalue weighted by molar-refractivity contribution is 8.26. The number of thiocarbonyl (C=S) groups is 1. The summed E-state index contributed by atoms with van der Waals surface area (Å²) in [6.07, 6.45) is -3.24. The summed E-state index contributed by atoms with van der Waals surface area (Å²) >= 11 is 11.8. The van der Waals surface area contributed by atoms with E-state index in [0.717, 1.165) is 17.8 Å². The molecule has 10 heteroatoms. The van der Waals surface area contributed by atoms with Crippen LogP contribution in [0.1, 0.15) is 24.0 Å². The minimum Gasteiger partial charge on any atom is -0.481 e. The normalized spacial score (nSPS) is 16.8. The van der Waals surface area contributed by atoms with Crippen LogP contribution in [0.2, 0.25) is 5.02 Å². The van der Waals surface area contributed by atoms with Crippen molar-refractivity contribution in [1.82, 2.24) is 4.90 Å². The molecule has 1 amide bonds. The van der Waals surface area contributed by atoms with Crippen molar-refractivity contribution in [3.05, 3.63) is 39.3 Å². The predicted molar refractivity (Wildman–Crippen MR) is 93.2 cm³/mol. The first-order valence-corrected chi connectivity index (χ1v) is 8.54. The van der Waals surface area contributed by atoms with Gasteiger partial charge in [0.1, 0.15) is 4.32 Å². The summed E-state index contributed by atoms with van der Waals surface area (Å²) in [6.45, 7) is 0.130. The first kappa shape index (κ1) is 19.7. The summed E-state index contributed by atoms with van der Waals surface area (Å²) in [4.78, 5) is 24.2. The molecular weight excluding hydrogens is 399 g/mol. The fourth-order valence-corrected chi connectivity index (χ4v) is 3.69. The Balaban J connectivity index is 2.24. The molecule has 0 spiro atoms. The van der Waals surface area contributed by atoms with Gasteiger partial charge in [-0.15, -0.1) is 0 Å². The van der Waals surface area contributed by atoms with Crippen LogP contribution in [-0.4, -0.2) is 32.7 Å². The lowest BCUT2D eigenvalue weighted by molar-refractivity contribution is -0.138. The number of carbonyl (C=O) groups is 2. The maximum atomic E-state index is 12.9. The molecule has 0 bridgehead atoms. The maximum absolute atomic E-state index is 12.9. The summed E-state index contributed by atoms with van der Waals surface area (Å²) in [7, 11) is 0. The van der Waals surface area contributed by atoms with E-state index < -0.39 is 28.6 Å². The molecular formula is C15H11ClF3NO3S2. The molecule has 4 nitrogen and oxygen atoms in total. The smallest absolute Gasteiger partial charge is 0.417 e. The molecule has 1 saturated heterocycles. The number of aliphatic carboxylic acids is 1. The molecule has 1 aliphatic rings. The number of alkyl halides is 3. The summed E-state index contributed by atoms with van der Waals surface area (Å²) in [5.41, 5.74) is -0.928. The molecule has 1 N–H and O–H groups in total. The zero-order valence-electron chi connectivity index (χ0n) is 12.5. The molecule has 0 saturated carbocycles. The van der Waals surface area contributed by atoms with E-state index in [4.69, 9.17) is 28.9 Å². The van der Waals surface area contributed by atoms with Gasteiger partial charge >= 0.3 is 12.1 Å². The van der Waals surface area contributed by atoms with E-state index in [1.165, 1.54) is 23.1 Å². The average molecular weight is 410 g/mol. The van der Waals surface area contributed by atoms with Crippen molar-refractivity contribution < 1.29 is 27.9 Å². The molecule has 1 aromatic rings. The van der Waals surface area contributed by atoms with Gasteiger partial charge in [0, 0.05) is 13.0 Å². The maximum Gasteiger partial charge on any atom is 0.417 e. The average Bonchev–Trinajstić information content (AvgIpc) is 2.75. The van der Waals surface area contributed by atoms with E-state index in [1.807, 2.05) is 0 Å². The van der Waals surface area contributed by atoms with Gasteiger partial charge in [0.15, 0.2) is 0 Å². The van der Waals surface area contributed by atoms with Crippen molar-refractivity contribution in [1.29, 1.82) is 0 Å². The number of hydrogen-bond donors (Lipinski definition) is 1.